The Morgan fingerprint density at radius 3 is 0.611 bits per heavy atom. The maximum atomic E-state index is 13.3. The number of aromatic amines is 2. The molecule has 0 spiro atoms. The number of nitrogens with one attached hydrogen (secondary N) is 2. The number of carbonyl (C=O) groups excluding carboxylic acids is 8. The van der Waals surface area contributed by atoms with Crippen LogP contribution in [0.2, 0.25) is 0 Å². The van der Waals surface area contributed by atoms with Crippen molar-refractivity contribution in [1.29, 1.82) is 0 Å². The van der Waals surface area contributed by atoms with Crippen LogP contribution in [0.3, 0.4) is 0 Å². The number of benzene rings is 4. The standard InChI is InChI=1S/C48H34N8O16/c1-65-41(57)25-9-17-18(10-26(25)42(58)66-2)34-49-33(17)53-35-19-11-27(43(59)67-3)28(44(60)68-4)12-20(19)37(50-35)55-39-23-15-31(47(63)71-7)32(48(64)72-8)16-24(23)40(52-39)56-38-22-14-30(46(62)70-6)29(45(61)69-5)13-21(22)36(51-38)54-34/h9-16H,1-8H3,(H2,49,50,51,52,53,54,55,56). The topological polar surface area (TPSA) is 319 Å². The number of fused-ring (bicyclic) bond motifs is 20. The largest absolute Gasteiger partial charge is 0.465 e. The zero-order valence-corrected chi connectivity index (χ0v) is 38.8. The van der Waals surface area contributed by atoms with Gasteiger partial charge in [0.2, 0.25) is 0 Å². The molecule has 0 fully saturated rings. The summed E-state index contributed by atoms with van der Waals surface area (Å²) in [6.45, 7) is 0. The lowest BCUT2D eigenvalue weighted by molar-refractivity contribution is 0.0555. The Kier molecular flexibility index (Phi) is 11.9. The van der Waals surface area contributed by atoms with Gasteiger partial charge < -0.3 is 47.9 Å². The van der Waals surface area contributed by atoms with E-state index in [-0.39, 0.29) is 134 Å². The van der Waals surface area contributed by atoms with E-state index >= 15 is 0 Å². The van der Waals surface area contributed by atoms with Crippen molar-refractivity contribution in [3.63, 3.8) is 0 Å². The summed E-state index contributed by atoms with van der Waals surface area (Å²) in [5.74, 6) is -7.92. The van der Waals surface area contributed by atoms with Crippen molar-refractivity contribution in [2.45, 2.75) is 0 Å². The van der Waals surface area contributed by atoms with Gasteiger partial charge in [0.1, 0.15) is 22.6 Å². The van der Waals surface area contributed by atoms with Gasteiger partial charge in [0.15, 0.2) is 23.3 Å². The molecule has 362 valence electrons. The molecule has 2 N–H and O–H groups in total. The number of methoxy groups -OCH3 is 8. The molecule has 8 bridgehead atoms. The van der Waals surface area contributed by atoms with Gasteiger partial charge in [-0.3, -0.25) is 0 Å². The normalized spacial score (nSPS) is 11.2. The van der Waals surface area contributed by atoms with Crippen molar-refractivity contribution in [1.82, 2.24) is 39.9 Å². The van der Waals surface area contributed by atoms with Gasteiger partial charge in [0, 0.05) is 43.8 Å². The molecular formula is C48H34N8O16. The first kappa shape index (κ1) is 47.1. The highest BCUT2D eigenvalue weighted by Crippen LogP contribution is 2.40. The van der Waals surface area contributed by atoms with Gasteiger partial charge >= 0.3 is 47.8 Å². The molecule has 0 amide bonds. The van der Waals surface area contributed by atoms with Gasteiger partial charge in [0.25, 0.3) is 0 Å². The van der Waals surface area contributed by atoms with Crippen molar-refractivity contribution < 1.29 is 76.3 Å². The number of ether oxygens (including phenoxy) is 8. The van der Waals surface area contributed by atoms with Gasteiger partial charge in [-0.1, -0.05) is 0 Å². The number of aromatic nitrogens is 8. The molecule has 0 saturated carbocycles. The first-order valence-corrected chi connectivity index (χ1v) is 20.8. The lowest BCUT2D eigenvalue weighted by atomic mass is 9.98. The minimum atomic E-state index is -0.924. The van der Waals surface area contributed by atoms with E-state index < -0.39 is 47.8 Å². The van der Waals surface area contributed by atoms with Crippen LogP contribution in [-0.4, -0.2) is 145 Å². The highest BCUT2D eigenvalue weighted by atomic mass is 16.5. The van der Waals surface area contributed by atoms with Gasteiger partial charge in [-0.15, -0.1) is 0 Å². The molecule has 2 aliphatic heterocycles. The van der Waals surface area contributed by atoms with Crippen LogP contribution in [0.5, 0.6) is 0 Å². The number of nitrogens with zero attached hydrogens (tertiary/aromatic N) is 6. The first-order chi connectivity index (χ1) is 34.6. The van der Waals surface area contributed by atoms with E-state index in [2.05, 4.69) is 9.97 Å². The summed E-state index contributed by atoms with van der Waals surface area (Å²) >= 11 is 0. The van der Waals surface area contributed by atoms with E-state index in [0.29, 0.717) is 0 Å². The van der Waals surface area contributed by atoms with Gasteiger partial charge in [-0.05, 0) is 48.5 Å². The summed E-state index contributed by atoms with van der Waals surface area (Å²) < 4.78 is 40.2. The quantitative estimate of drug-likeness (QED) is 0.147. The Labute approximate surface area is 402 Å². The molecule has 9 rings (SSSR count). The fraction of sp³-hybridized carbons (Fsp3) is 0.167. The average molecular weight is 979 g/mol. The Morgan fingerprint density at radius 1 is 0.278 bits per heavy atom. The molecule has 0 atom stereocenters. The minimum Gasteiger partial charge on any atom is -0.465 e. The third-order valence-corrected chi connectivity index (χ3v) is 11.6. The molecule has 72 heavy (non-hydrogen) atoms. The number of H-pyrrole nitrogens is 2. The molecule has 0 radical (unpaired) electrons. The van der Waals surface area contributed by atoms with Crippen molar-refractivity contribution in [3.8, 4) is 45.6 Å². The maximum Gasteiger partial charge on any atom is 0.338 e. The highest BCUT2D eigenvalue weighted by molar-refractivity contribution is 6.16. The molecule has 0 aliphatic carbocycles. The van der Waals surface area contributed by atoms with Gasteiger partial charge in [0.05, 0.1) is 101 Å². The summed E-state index contributed by atoms with van der Waals surface area (Å²) in [5.41, 5.74) is -1.57. The number of esters is 8. The molecule has 0 saturated heterocycles. The lowest BCUT2D eigenvalue weighted by Gasteiger charge is -2.09. The fourth-order valence-corrected chi connectivity index (χ4v) is 8.21. The van der Waals surface area contributed by atoms with Crippen LogP contribution >= 0.6 is 0 Å². The van der Waals surface area contributed by atoms with E-state index in [1.165, 1.54) is 48.5 Å². The SMILES string of the molecule is COC(=O)c1cc2c(cc1C(=O)OC)-c1nc-2nc2[nH]c(nc3nc(nc4[nH]c(n1)c1cc(C(=O)OC)c(C(=O)OC)cc41)-c1cc(C(=O)OC)c(C(=O)OC)cc1-3)c1cc(C(=O)OC)c(C(=O)OC)cc21. The van der Waals surface area contributed by atoms with Crippen LogP contribution in [0.25, 0.3) is 89.7 Å². The summed E-state index contributed by atoms with van der Waals surface area (Å²) in [5, 5.41) is 0.613. The van der Waals surface area contributed by atoms with Crippen LogP contribution in [0.1, 0.15) is 82.9 Å². The van der Waals surface area contributed by atoms with Crippen molar-refractivity contribution in [2.75, 3.05) is 56.9 Å². The van der Waals surface area contributed by atoms with E-state index in [1.54, 1.807) is 0 Å². The number of hydrogen-bond donors (Lipinski definition) is 2. The van der Waals surface area contributed by atoms with E-state index in [4.69, 9.17) is 67.8 Å². The van der Waals surface area contributed by atoms with E-state index in [9.17, 15) is 38.4 Å². The second-order valence-electron chi connectivity index (χ2n) is 15.3. The predicted octanol–water partition coefficient (Wildman–Crippen LogP) is 5.16. The highest BCUT2D eigenvalue weighted by Gasteiger charge is 2.32. The van der Waals surface area contributed by atoms with Crippen molar-refractivity contribution >= 4 is 91.9 Å². The summed E-state index contributed by atoms with van der Waals surface area (Å²) in [4.78, 5) is 142. The lowest BCUT2D eigenvalue weighted by Crippen LogP contribution is -2.12. The smallest absolute Gasteiger partial charge is 0.338 e. The van der Waals surface area contributed by atoms with E-state index in [0.717, 1.165) is 56.9 Å². The van der Waals surface area contributed by atoms with Gasteiger partial charge in [-0.25, -0.2) is 68.3 Å². The average Bonchev–Trinajstić information content (AvgIpc) is 4.13. The van der Waals surface area contributed by atoms with Crippen LogP contribution in [0, 0.1) is 0 Å². The molecule has 5 heterocycles. The van der Waals surface area contributed by atoms with Crippen molar-refractivity contribution in [3.05, 3.63) is 93.0 Å². The molecule has 24 heteroatoms. The Morgan fingerprint density at radius 2 is 0.444 bits per heavy atom. The van der Waals surface area contributed by atoms with Crippen LogP contribution in [0.4, 0.5) is 0 Å². The molecule has 0 unspecified atom stereocenters. The van der Waals surface area contributed by atoms with Crippen molar-refractivity contribution in [2.24, 2.45) is 0 Å². The third-order valence-electron chi connectivity index (χ3n) is 11.6. The Bertz CT molecular complexity index is 3340. The predicted molar refractivity (Wildman–Crippen MR) is 247 cm³/mol. The first-order valence-electron chi connectivity index (χ1n) is 20.8. The second-order valence-corrected chi connectivity index (χ2v) is 15.3. The molecule has 7 aromatic rings. The summed E-state index contributed by atoms with van der Waals surface area (Å²) in [6, 6.07) is 10.4. The second kappa shape index (κ2) is 18.1. The van der Waals surface area contributed by atoms with Crippen LogP contribution in [0.15, 0.2) is 48.5 Å². The minimum absolute atomic E-state index is 0.0466. The zero-order chi connectivity index (χ0) is 51.4. The monoisotopic (exact) mass is 978 g/mol. The Balaban J connectivity index is 1.54. The number of rotatable bonds is 8. The van der Waals surface area contributed by atoms with Gasteiger partial charge in [-0.2, -0.15) is 0 Å². The molecule has 4 aromatic carbocycles. The summed E-state index contributed by atoms with van der Waals surface area (Å²) in [7, 11) is 8.91. The molecular weight excluding hydrogens is 945 g/mol. The summed E-state index contributed by atoms with van der Waals surface area (Å²) in [6.07, 6.45) is 0. The Hall–Kier alpha value is -10.0. The molecule has 3 aromatic heterocycles. The maximum absolute atomic E-state index is 13.3. The fourth-order valence-electron chi connectivity index (χ4n) is 8.21. The van der Waals surface area contributed by atoms with Crippen LogP contribution in [-0.2, 0) is 37.9 Å². The van der Waals surface area contributed by atoms with Crippen LogP contribution < -0.4 is 0 Å². The van der Waals surface area contributed by atoms with E-state index in [1.807, 2.05) is 0 Å². The number of carbonyl (C=O) groups is 8. The zero-order valence-electron chi connectivity index (χ0n) is 38.8. The molecule has 2 aliphatic rings. The third kappa shape index (κ3) is 7.58. The number of hydrogen-bond acceptors (Lipinski definition) is 22. The molecule has 24 nitrogen and oxygen atoms in total.